The second kappa shape index (κ2) is 18.7. The number of hydrogen-bond donors (Lipinski definition) is 4. The summed E-state index contributed by atoms with van der Waals surface area (Å²) in [6.07, 6.45) is 4.69. The lowest BCUT2D eigenvalue weighted by Crippen LogP contribution is -2.54. The zero-order chi connectivity index (χ0) is 49.7. The number of rotatable bonds is 8. The molecule has 7 amide bonds. The van der Waals surface area contributed by atoms with Crippen LogP contribution in [0.1, 0.15) is 93.2 Å². The number of nitrogen functional groups attached to an aromatic ring is 1. The third kappa shape index (κ3) is 9.29. The number of carbonyl (C=O) groups is 7. The lowest BCUT2D eigenvalue weighted by Gasteiger charge is -2.40. The van der Waals surface area contributed by atoms with Crippen molar-refractivity contribution in [2.75, 3.05) is 48.7 Å². The highest BCUT2D eigenvalue weighted by Gasteiger charge is 2.45. The van der Waals surface area contributed by atoms with Crippen molar-refractivity contribution >= 4 is 75.7 Å². The maximum Gasteiger partial charge on any atom is 0.416 e. The molecule has 3 fully saturated rings. The first-order valence-corrected chi connectivity index (χ1v) is 23.2. The molecule has 19 nitrogen and oxygen atoms in total. The van der Waals surface area contributed by atoms with E-state index < -0.39 is 47.3 Å². The Bertz CT molecular complexity index is 3060. The monoisotopic (exact) mass is 973 g/mol. The normalized spacial score (nSPS) is 21.3. The molecule has 1 aliphatic carbocycles. The summed E-state index contributed by atoms with van der Waals surface area (Å²) in [6.45, 7) is 0.537. The standard InChI is InChI=1S/C49H46F3N11O8/c50-49(51,52)29-15-16-54-37(18-29)57-45(67)27-9-7-26(8-10-27)42-41-43-28(21-55-44(41)53)4-1-2-17-60(24-39(65)56-30-5-3-6-32(19-30)63(43)59-42)40(66)25-71-33-22-61(23-33)31-11-12-34-35(20-31)48(70)62(47(34)69)36-13-14-38(64)58-46(36)68/h1,4,7-12,15-16,18,20-21,30,32-33,36H,2-3,5-6,13-14,17,19,22-25H2,(H2,53,55)(H,56,65)(H,54,57,67)(H,58,64,68)/b4-1+/t30-,32-,36?/m1/s1. The van der Waals surface area contributed by atoms with Crippen LogP contribution in [0.4, 0.5) is 30.5 Å². The van der Waals surface area contributed by atoms with E-state index in [9.17, 15) is 46.7 Å². The Morgan fingerprint density at radius 1 is 0.915 bits per heavy atom. The van der Waals surface area contributed by atoms with Crippen molar-refractivity contribution in [2.45, 2.75) is 75.4 Å². The van der Waals surface area contributed by atoms with Gasteiger partial charge in [0.2, 0.25) is 23.6 Å². The van der Waals surface area contributed by atoms with Gasteiger partial charge in [-0.15, -0.1) is 0 Å². The molecule has 71 heavy (non-hydrogen) atoms. The van der Waals surface area contributed by atoms with E-state index in [0.29, 0.717) is 54.7 Å². The average molecular weight is 974 g/mol. The maximum absolute atomic E-state index is 13.7. The molecule has 7 heterocycles. The number of benzene rings is 2. The van der Waals surface area contributed by atoms with E-state index in [2.05, 4.69) is 25.9 Å². The van der Waals surface area contributed by atoms with Crippen molar-refractivity contribution < 1.29 is 51.5 Å². The number of imide groups is 2. The van der Waals surface area contributed by atoms with Crippen LogP contribution in [-0.2, 0) is 30.1 Å². The minimum Gasteiger partial charge on any atom is -0.383 e. The largest absolute Gasteiger partial charge is 0.416 e. The minimum absolute atomic E-state index is 0.0193. The minimum atomic E-state index is -4.61. The molecular weight excluding hydrogens is 928 g/mol. The van der Waals surface area contributed by atoms with Crippen molar-refractivity contribution in [3.05, 3.63) is 101 Å². The predicted molar refractivity (Wildman–Crippen MR) is 249 cm³/mol. The molecule has 22 heteroatoms. The number of nitrogens with two attached hydrogens (primary N) is 1. The molecule has 2 bridgehead atoms. The molecule has 5 aromatic rings. The van der Waals surface area contributed by atoms with Gasteiger partial charge in [0.05, 0.1) is 46.3 Å². The summed E-state index contributed by atoms with van der Waals surface area (Å²) in [7, 11) is 0. The summed E-state index contributed by atoms with van der Waals surface area (Å²) in [5.74, 6) is -3.70. The number of amides is 7. The van der Waals surface area contributed by atoms with E-state index in [1.807, 2.05) is 21.7 Å². The number of ether oxygens (including phenoxy) is 1. The quantitative estimate of drug-likeness (QED) is 0.157. The van der Waals surface area contributed by atoms with Crippen LogP contribution in [-0.4, -0.2) is 122 Å². The van der Waals surface area contributed by atoms with Gasteiger partial charge in [-0.2, -0.15) is 18.3 Å². The smallest absolute Gasteiger partial charge is 0.383 e. The fourth-order valence-corrected chi connectivity index (χ4v) is 9.84. The number of halogens is 3. The van der Waals surface area contributed by atoms with E-state index in [1.54, 1.807) is 36.5 Å². The zero-order valence-electron chi connectivity index (χ0n) is 37.9. The van der Waals surface area contributed by atoms with Gasteiger partial charge in [0.25, 0.3) is 17.7 Å². The Balaban J connectivity index is 0.810. The first-order valence-electron chi connectivity index (χ1n) is 23.2. The molecule has 1 unspecified atom stereocenters. The fourth-order valence-electron chi connectivity index (χ4n) is 9.84. The summed E-state index contributed by atoms with van der Waals surface area (Å²) in [6, 6.07) is 11.4. The van der Waals surface area contributed by atoms with Crippen LogP contribution in [0.25, 0.3) is 28.2 Å². The van der Waals surface area contributed by atoms with Gasteiger partial charge in [-0.1, -0.05) is 24.3 Å². The molecule has 5 N–H and O–H groups in total. The first-order chi connectivity index (χ1) is 34.1. The number of aromatic nitrogens is 4. The summed E-state index contributed by atoms with van der Waals surface area (Å²) >= 11 is 0. The number of carbonyl (C=O) groups excluding carboxylic acids is 7. The molecule has 2 aromatic carbocycles. The maximum atomic E-state index is 13.7. The average Bonchev–Trinajstić information content (AvgIpc) is 3.85. The van der Waals surface area contributed by atoms with Gasteiger partial charge >= 0.3 is 6.18 Å². The number of alkyl halides is 3. The molecule has 10 rings (SSSR count). The van der Waals surface area contributed by atoms with Crippen molar-refractivity contribution in [3.8, 4) is 11.3 Å². The number of hydrogen-bond acceptors (Lipinski definition) is 13. The van der Waals surface area contributed by atoms with Crippen LogP contribution < -0.4 is 26.6 Å². The fraction of sp³-hybridized carbons (Fsp3) is 0.347. The molecule has 3 atom stereocenters. The Hall–Kier alpha value is -8.01. The van der Waals surface area contributed by atoms with Gasteiger partial charge < -0.3 is 30.9 Å². The lowest BCUT2D eigenvalue weighted by atomic mass is 9.90. The molecule has 0 radical (unpaired) electrons. The van der Waals surface area contributed by atoms with E-state index >= 15 is 0 Å². The second-order valence-electron chi connectivity index (χ2n) is 18.2. The van der Waals surface area contributed by atoms with Gasteiger partial charge in [0, 0.05) is 66.9 Å². The van der Waals surface area contributed by atoms with E-state index in [4.69, 9.17) is 15.6 Å². The van der Waals surface area contributed by atoms with Gasteiger partial charge in [0.15, 0.2) is 0 Å². The third-order valence-corrected chi connectivity index (χ3v) is 13.5. The zero-order valence-corrected chi connectivity index (χ0v) is 37.9. The number of anilines is 3. The number of piperidine rings is 1. The molecule has 366 valence electrons. The molecule has 1 saturated carbocycles. The molecule has 4 aliphatic heterocycles. The van der Waals surface area contributed by atoms with Crippen LogP contribution >= 0.6 is 0 Å². The predicted octanol–water partition coefficient (Wildman–Crippen LogP) is 4.50. The number of pyridine rings is 2. The Morgan fingerprint density at radius 2 is 1.70 bits per heavy atom. The van der Waals surface area contributed by atoms with Gasteiger partial charge in [-0.3, -0.25) is 48.5 Å². The molecule has 3 aromatic heterocycles. The number of nitrogens with zero attached hydrogens (tertiary/aromatic N) is 7. The Kier molecular flexibility index (Phi) is 12.3. The Morgan fingerprint density at radius 3 is 2.48 bits per heavy atom. The van der Waals surface area contributed by atoms with Crippen LogP contribution in [0.5, 0.6) is 0 Å². The van der Waals surface area contributed by atoms with Crippen LogP contribution in [0.3, 0.4) is 0 Å². The summed E-state index contributed by atoms with van der Waals surface area (Å²) in [5, 5.41) is 13.4. The lowest BCUT2D eigenvalue weighted by molar-refractivity contribution is -0.142. The van der Waals surface area contributed by atoms with Gasteiger partial charge in [0.1, 0.15) is 30.0 Å². The van der Waals surface area contributed by atoms with E-state index in [-0.39, 0.29) is 90.9 Å². The van der Waals surface area contributed by atoms with Crippen molar-refractivity contribution in [2.24, 2.45) is 0 Å². The highest BCUT2D eigenvalue weighted by atomic mass is 19.4. The number of fused-ring (bicyclic) bond motifs is 4. The van der Waals surface area contributed by atoms with Gasteiger partial charge in [-0.25, -0.2) is 9.97 Å². The van der Waals surface area contributed by atoms with Crippen molar-refractivity contribution in [3.63, 3.8) is 0 Å². The summed E-state index contributed by atoms with van der Waals surface area (Å²) in [5.41, 5.74) is 9.38. The highest BCUT2D eigenvalue weighted by Crippen LogP contribution is 2.40. The Labute approximate surface area is 402 Å². The van der Waals surface area contributed by atoms with Crippen molar-refractivity contribution in [1.82, 2.24) is 40.2 Å². The SMILES string of the molecule is Nc1ncc2c3c1c(-c1ccc(C(=O)Nc4cc(C(F)(F)F)ccn4)cc1)nn3[C@@H]1CCC[C@H](C1)NC(=O)CN(C(=O)COC1CN(c3ccc4c(c3)C(=O)N(C3CCC(=O)NC3=O)C4=O)C1)CC/C=C/2. The van der Waals surface area contributed by atoms with Crippen molar-refractivity contribution in [1.29, 1.82) is 0 Å². The first kappa shape index (κ1) is 46.7. The number of nitrogens with one attached hydrogen (secondary N) is 3. The van der Waals surface area contributed by atoms with Gasteiger partial charge in [-0.05, 0) is 81.0 Å². The molecule has 5 aliphatic rings. The van der Waals surface area contributed by atoms with Crippen LogP contribution in [0, 0.1) is 0 Å². The van der Waals surface area contributed by atoms with Crippen LogP contribution in [0.2, 0.25) is 0 Å². The summed E-state index contributed by atoms with van der Waals surface area (Å²) in [4.78, 5) is 104. The topological polar surface area (TPSA) is 244 Å². The van der Waals surface area contributed by atoms with Crippen LogP contribution in [0.15, 0.2) is 73.1 Å². The van der Waals surface area contributed by atoms with E-state index in [1.165, 1.54) is 17.0 Å². The highest BCUT2D eigenvalue weighted by molar-refractivity contribution is 6.23. The molecule has 2 saturated heterocycles. The van der Waals surface area contributed by atoms with E-state index in [0.717, 1.165) is 47.2 Å². The molecule has 0 spiro atoms. The third-order valence-electron chi connectivity index (χ3n) is 13.5. The summed E-state index contributed by atoms with van der Waals surface area (Å²) < 4.78 is 47.8. The molecular formula is C49H46F3N11O8. The second-order valence-corrected chi connectivity index (χ2v) is 18.2.